The molecule has 0 saturated heterocycles. The number of rotatable bonds is 6. The minimum atomic E-state index is -0.202. The van der Waals surface area contributed by atoms with Crippen molar-refractivity contribution >= 4 is 17.4 Å². The summed E-state index contributed by atoms with van der Waals surface area (Å²) in [6, 6.07) is 19.5. The molecule has 4 rings (SSSR count). The van der Waals surface area contributed by atoms with Crippen LogP contribution in [0.3, 0.4) is 0 Å². The van der Waals surface area contributed by atoms with Crippen molar-refractivity contribution < 1.29 is 4.74 Å². The summed E-state index contributed by atoms with van der Waals surface area (Å²) in [6.45, 7) is 7.08. The summed E-state index contributed by atoms with van der Waals surface area (Å²) < 4.78 is 7.39. The third-order valence-corrected chi connectivity index (χ3v) is 5.56. The minimum absolute atomic E-state index is 0.0804. The van der Waals surface area contributed by atoms with E-state index in [1.807, 2.05) is 42.5 Å². The molecule has 4 aromatic rings. The maximum atomic E-state index is 11.9. The van der Waals surface area contributed by atoms with E-state index in [1.54, 1.807) is 4.52 Å². The number of aromatic amines is 1. The maximum Gasteiger partial charge on any atom is 0.266 e. The molecule has 0 aliphatic heterocycles. The highest BCUT2D eigenvalue weighted by molar-refractivity contribution is 7.99. The summed E-state index contributed by atoms with van der Waals surface area (Å²) in [5.41, 5.74) is 2.60. The van der Waals surface area contributed by atoms with Gasteiger partial charge in [0.05, 0.1) is 6.61 Å². The monoisotopic (exact) mass is 420 g/mol. The molecule has 154 valence electrons. The number of ether oxygens (including phenoxy) is 1. The zero-order valence-electron chi connectivity index (χ0n) is 17.3. The van der Waals surface area contributed by atoms with Crippen LogP contribution in [0.4, 0.5) is 0 Å². The molecule has 0 atom stereocenters. The molecule has 1 N–H and O–H groups in total. The summed E-state index contributed by atoms with van der Waals surface area (Å²) in [7, 11) is 0. The Morgan fingerprint density at radius 2 is 1.77 bits per heavy atom. The van der Waals surface area contributed by atoms with Gasteiger partial charge in [0.2, 0.25) is 0 Å². The van der Waals surface area contributed by atoms with Gasteiger partial charge in [0, 0.05) is 17.4 Å². The topological polar surface area (TPSA) is 72.3 Å². The molecule has 0 radical (unpaired) electrons. The molecule has 0 fully saturated rings. The van der Waals surface area contributed by atoms with Crippen LogP contribution < -0.4 is 10.3 Å². The number of para-hydroxylation sites is 1. The van der Waals surface area contributed by atoms with Crippen LogP contribution in [-0.4, -0.2) is 31.9 Å². The van der Waals surface area contributed by atoms with Crippen molar-refractivity contribution in [1.29, 1.82) is 0 Å². The lowest BCUT2D eigenvalue weighted by Crippen LogP contribution is -2.10. The highest BCUT2D eigenvalue weighted by Crippen LogP contribution is 2.26. The van der Waals surface area contributed by atoms with Crippen LogP contribution in [0.2, 0.25) is 0 Å². The van der Waals surface area contributed by atoms with Gasteiger partial charge in [-0.25, -0.2) is 14.5 Å². The highest BCUT2D eigenvalue weighted by Gasteiger charge is 2.15. The predicted molar refractivity (Wildman–Crippen MR) is 120 cm³/mol. The molecule has 0 spiro atoms. The first-order valence-electron chi connectivity index (χ1n) is 9.81. The van der Waals surface area contributed by atoms with Crippen LogP contribution in [0.1, 0.15) is 26.3 Å². The van der Waals surface area contributed by atoms with Crippen LogP contribution in [0, 0.1) is 0 Å². The summed E-state index contributed by atoms with van der Waals surface area (Å²) >= 11 is 1.52. The van der Waals surface area contributed by atoms with Crippen molar-refractivity contribution in [2.24, 2.45) is 0 Å². The standard InChI is InChI=1S/C23H24N4O2S/c1-23(2,3)17-11-9-16(10-12-17)21-24-19-15-20(28)26-27(19)22(25-21)30-14-13-29-18-7-5-4-6-8-18/h4-12,15H,13-14H2,1-3H3,(H,26,28). The SMILES string of the molecule is CC(C)(C)c1ccc(-c2nc(SCCOc3ccccc3)n3[nH]c(=O)cc3n2)cc1. The van der Waals surface area contributed by atoms with Gasteiger partial charge in [-0.1, -0.05) is 75.0 Å². The number of hydrogen-bond donors (Lipinski definition) is 1. The largest absolute Gasteiger partial charge is 0.493 e. The number of nitrogens with one attached hydrogen (secondary N) is 1. The summed E-state index contributed by atoms with van der Waals surface area (Å²) in [5, 5.41) is 3.44. The van der Waals surface area contributed by atoms with E-state index in [9.17, 15) is 4.79 Å². The van der Waals surface area contributed by atoms with Crippen LogP contribution in [0.15, 0.2) is 70.6 Å². The number of benzene rings is 2. The molecular weight excluding hydrogens is 396 g/mol. The van der Waals surface area contributed by atoms with E-state index in [4.69, 9.17) is 9.72 Å². The average Bonchev–Trinajstić information content (AvgIpc) is 3.11. The van der Waals surface area contributed by atoms with Gasteiger partial charge in [0.15, 0.2) is 16.6 Å². The molecule has 6 nitrogen and oxygen atoms in total. The normalized spacial score (nSPS) is 11.7. The lowest BCUT2D eigenvalue weighted by Gasteiger charge is -2.19. The molecule has 0 aliphatic carbocycles. The fourth-order valence-electron chi connectivity index (χ4n) is 3.04. The molecule has 2 aromatic heterocycles. The van der Waals surface area contributed by atoms with E-state index in [2.05, 4.69) is 43.0 Å². The second-order valence-electron chi connectivity index (χ2n) is 7.98. The number of thioether (sulfide) groups is 1. The number of fused-ring (bicyclic) bond motifs is 1. The van der Waals surface area contributed by atoms with Crippen molar-refractivity contribution in [3.05, 3.63) is 76.6 Å². The van der Waals surface area contributed by atoms with Crippen molar-refractivity contribution in [3.8, 4) is 17.1 Å². The van der Waals surface area contributed by atoms with Crippen LogP contribution in [0.25, 0.3) is 17.0 Å². The van der Waals surface area contributed by atoms with Gasteiger partial charge in [-0.05, 0) is 23.1 Å². The Morgan fingerprint density at radius 1 is 1.03 bits per heavy atom. The maximum absolute atomic E-state index is 11.9. The van der Waals surface area contributed by atoms with Crippen molar-refractivity contribution in [2.45, 2.75) is 31.3 Å². The zero-order chi connectivity index (χ0) is 21.1. The molecule has 2 aromatic carbocycles. The van der Waals surface area contributed by atoms with Gasteiger partial charge in [0.1, 0.15) is 5.75 Å². The molecule has 0 amide bonds. The molecule has 2 heterocycles. The third kappa shape index (κ3) is 4.57. The Kier molecular flexibility index (Phi) is 5.63. The number of hydrogen-bond acceptors (Lipinski definition) is 5. The summed E-state index contributed by atoms with van der Waals surface area (Å²) in [6.07, 6.45) is 0. The molecule has 0 saturated carbocycles. The van der Waals surface area contributed by atoms with E-state index in [0.29, 0.717) is 29.0 Å². The van der Waals surface area contributed by atoms with Gasteiger partial charge in [-0.15, -0.1) is 0 Å². The molecule has 0 bridgehead atoms. The molecular formula is C23H24N4O2S. The molecule has 30 heavy (non-hydrogen) atoms. The Morgan fingerprint density at radius 3 is 2.47 bits per heavy atom. The van der Waals surface area contributed by atoms with Crippen LogP contribution in [0.5, 0.6) is 5.75 Å². The van der Waals surface area contributed by atoms with Crippen LogP contribution >= 0.6 is 11.8 Å². The third-order valence-electron chi connectivity index (χ3n) is 4.66. The lowest BCUT2D eigenvalue weighted by molar-refractivity contribution is 0.344. The number of H-pyrrole nitrogens is 1. The van der Waals surface area contributed by atoms with Gasteiger partial charge in [0.25, 0.3) is 5.56 Å². The molecule has 7 heteroatoms. The number of nitrogens with zero attached hydrogens (tertiary/aromatic N) is 3. The summed E-state index contributed by atoms with van der Waals surface area (Å²) in [4.78, 5) is 21.2. The zero-order valence-corrected chi connectivity index (χ0v) is 18.1. The van der Waals surface area contributed by atoms with E-state index in [1.165, 1.54) is 23.4 Å². The first-order chi connectivity index (χ1) is 14.4. The molecule has 0 unspecified atom stereocenters. The Hall–Kier alpha value is -3.06. The van der Waals surface area contributed by atoms with Crippen molar-refractivity contribution in [1.82, 2.24) is 19.6 Å². The Balaban J connectivity index is 1.57. The lowest BCUT2D eigenvalue weighted by atomic mass is 9.87. The smallest absolute Gasteiger partial charge is 0.266 e. The van der Waals surface area contributed by atoms with E-state index < -0.39 is 0 Å². The predicted octanol–water partition coefficient (Wildman–Crippen LogP) is 4.55. The Labute approximate surface area is 179 Å². The first kappa shape index (κ1) is 20.2. The van der Waals surface area contributed by atoms with Gasteiger partial charge < -0.3 is 4.74 Å². The fraction of sp³-hybridized carbons (Fsp3) is 0.261. The summed E-state index contributed by atoms with van der Waals surface area (Å²) in [5.74, 6) is 2.12. The second-order valence-corrected chi connectivity index (χ2v) is 9.04. The van der Waals surface area contributed by atoms with Crippen molar-refractivity contribution in [3.63, 3.8) is 0 Å². The average molecular weight is 421 g/mol. The van der Waals surface area contributed by atoms with E-state index in [-0.39, 0.29) is 11.0 Å². The number of aromatic nitrogens is 4. The fourth-order valence-corrected chi connectivity index (χ4v) is 3.81. The first-order valence-corrected chi connectivity index (χ1v) is 10.8. The molecule has 0 aliphatic rings. The van der Waals surface area contributed by atoms with Gasteiger partial charge >= 0.3 is 0 Å². The van der Waals surface area contributed by atoms with Gasteiger partial charge in [-0.2, -0.15) is 0 Å². The Bertz CT molecular complexity index is 1190. The quantitative estimate of drug-likeness (QED) is 0.366. The highest BCUT2D eigenvalue weighted by atomic mass is 32.2. The van der Waals surface area contributed by atoms with Gasteiger partial charge in [-0.3, -0.25) is 9.89 Å². The van der Waals surface area contributed by atoms with E-state index >= 15 is 0 Å². The second kappa shape index (κ2) is 8.36. The van der Waals surface area contributed by atoms with E-state index in [0.717, 1.165) is 11.3 Å². The van der Waals surface area contributed by atoms with Crippen LogP contribution in [-0.2, 0) is 5.41 Å². The van der Waals surface area contributed by atoms with Crippen molar-refractivity contribution in [2.75, 3.05) is 12.4 Å². The minimum Gasteiger partial charge on any atom is -0.493 e.